The smallest absolute Gasteiger partial charge is 0.253 e. The van der Waals surface area contributed by atoms with Crippen molar-refractivity contribution in [2.45, 2.75) is 24.9 Å². The number of likely N-dealkylation sites (tertiary alicyclic amines) is 1. The lowest BCUT2D eigenvalue weighted by atomic mass is 9.94. The molecule has 3 rings (SSSR count). The molecular formula is C20H26N2O3. The highest BCUT2D eigenvalue weighted by molar-refractivity contribution is 6.01. The van der Waals surface area contributed by atoms with E-state index in [4.69, 9.17) is 4.74 Å². The van der Waals surface area contributed by atoms with Gasteiger partial charge in [-0.15, -0.1) is 0 Å². The Bertz CT molecular complexity index is 696. The Balaban J connectivity index is 1.74. The maximum atomic E-state index is 13.0. The van der Waals surface area contributed by atoms with Gasteiger partial charge in [0.05, 0.1) is 11.9 Å². The molecule has 5 nitrogen and oxygen atoms in total. The summed E-state index contributed by atoms with van der Waals surface area (Å²) >= 11 is 0. The van der Waals surface area contributed by atoms with Gasteiger partial charge in [0.1, 0.15) is 5.75 Å². The average Bonchev–Trinajstić information content (AvgIpc) is 2.89. The zero-order valence-electron chi connectivity index (χ0n) is 14.9. The van der Waals surface area contributed by atoms with Crippen molar-refractivity contribution in [3.05, 3.63) is 47.7 Å². The first-order valence-electron chi connectivity index (χ1n) is 8.77. The average molecular weight is 342 g/mol. The lowest BCUT2D eigenvalue weighted by molar-refractivity contribution is -0.126. The fourth-order valence-electron chi connectivity index (χ4n) is 3.55. The molecule has 0 aromatic heterocycles. The van der Waals surface area contributed by atoms with Gasteiger partial charge in [0.25, 0.3) is 5.91 Å². The second kappa shape index (κ2) is 7.42. The van der Waals surface area contributed by atoms with Crippen LogP contribution in [0, 0.1) is 0 Å². The van der Waals surface area contributed by atoms with Gasteiger partial charge in [-0.3, -0.25) is 4.79 Å². The summed E-state index contributed by atoms with van der Waals surface area (Å²) in [7, 11) is 3.93. The second-order valence-electron chi connectivity index (χ2n) is 7.17. The number of aliphatic hydroxyl groups is 1. The van der Waals surface area contributed by atoms with Gasteiger partial charge >= 0.3 is 0 Å². The third-order valence-electron chi connectivity index (χ3n) is 4.73. The first-order chi connectivity index (χ1) is 12.0. The van der Waals surface area contributed by atoms with Crippen molar-refractivity contribution < 1.29 is 14.6 Å². The molecule has 0 radical (unpaired) electrons. The standard InChI is InChI=1S/C20H26N2O3/c1-21(2)15-20(24)9-5-11-22(12-10-20)19(23)17-8-13-25-18-7-4-3-6-16(18)14-17/h3-4,6-8,13-14,24H,5,9-12,15H2,1-2H3/t20-/m1/s1. The molecule has 0 aliphatic carbocycles. The van der Waals surface area contributed by atoms with Gasteiger partial charge in [-0.1, -0.05) is 18.2 Å². The van der Waals surface area contributed by atoms with Crippen LogP contribution in [0.25, 0.3) is 6.08 Å². The fourth-order valence-corrected chi connectivity index (χ4v) is 3.55. The second-order valence-corrected chi connectivity index (χ2v) is 7.17. The molecule has 1 saturated heterocycles. The molecule has 1 fully saturated rings. The van der Waals surface area contributed by atoms with Crippen molar-refractivity contribution in [3.63, 3.8) is 0 Å². The molecule has 0 spiro atoms. The van der Waals surface area contributed by atoms with E-state index < -0.39 is 5.60 Å². The van der Waals surface area contributed by atoms with Crippen LogP contribution >= 0.6 is 0 Å². The van der Waals surface area contributed by atoms with Crippen molar-refractivity contribution >= 4 is 12.0 Å². The number of benzene rings is 1. The van der Waals surface area contributed by atoms with E-state index in [0.717, 1.165) is 24.2 Å². The van der Waals surface area contributed by atoms with Crippen molar-refractivity contribution in [3.8, 4) is 5.75 Å². The Hall–Kier alpha value is -2.11. The van der Waals surface area contributed by atoms with Gasteiger partial charge in [0.15, 0.2) is 0 Å². The highest BCUT2D eigenvalue weighted by atomic mass is 16.5. The summed E-state index contributed by atoms with van der Waals surface area (Å²) in [6, 6.07) is 7.66. The minimum Gasteiger partial charge on any atom is -0.464 e. The Morgan fingerprint density at radius 3 is 2.88 bits per heavy atom. The molecule has 0 bridgehead atoms. The summed E-state index contributed by atoms with van der Waals surface area (Å²) < 4.78 is 5.57. The fraction of sp³-hybridized carbons (Fsp3) is 0.450. The predicted octanol–water partition coefficient (Wildman–Crippen LogP) is 2.28. The minimum absolute atomic E-state index is 0.00865. The number of carbonyl (C=O) groups excluding carboxylic acids is 1. The van der Waals surface area contributed by atoms with Gasteiger partial charge in [0, 0.05) is 30.8 Å². The predicted molar refractivity (Wildman–Crippen MR) is 98.1 cm³/mol. The SMILES string of the molecule is CN(C)C[C@@]1(O)CCCN(C(=O)C2=Cc3ccccc3OC=C2)CC1. The van der Waals surface area contributed by atoms with E-state index in [1.165, 1.54) is 0 Å². The molecule has 2 heterocycles. The third kappa shape index (κ3) is 4.30. The molecule has 25 heavy (non-hydrogen) atoms. The van der Waals surface area contributed by atoms with Crippen molar-refractivity contribution in [2.24, 2.45) is 0 Å². The van der Waals surface area contributed by atoms with Crippen LogP contribution in [0.3, 0.4) is 0 Å². The summed E-state index contributed by atoms with van der Waals surface area (Å²) in [4.78, 5) is 16.8. The maximum absolute atomic E-state index is 13.0. The van der Waals surface area contributed by atoms with E-state index in [1.807, 2.05) is 54.2 Å². The van der Waals surface area contributed by atoms with Crippen molar-refractivity contribution in [2.75, 3.05) is 33.7 Å². The highest BCUT2D eigenvalue weighted by Crippen LogP contribution is 2.27. The molecule has 5 heteroatoms. The molecule has 134 valence electrons. The monoisotopic (exact) mass is 342 g/mol. The number of para-hydroxylation sites is 1. The number of hydrogen-bond acceptors (Lipinski definition) is 4. The zero-order valence-corrected chi connectivity index (χ0v) is 14.9. The number of hydrogen-bond donors (Lipinski definition) is 1. The van der Waals surface area contributed by atoms with E-state index in [-0.39, 0.29) is 5.91 Å². The van der Waals surface area contributed by atoms with E-state index in [2.05, 4.69) is 0 Å². The Morgan fingerprint density at radius 2 is 2.08 bits per heavy atom. The van der Waals surface area contributed by atoms with Crippen LogP contribution in [0.5, 0.6) is 5.75 Å². The van der Waals surface area contributed by atoms with Gasteiger partial charge < -0.3 is 19.6 Å². The molecular weight excluding hydrogens is 316 g/mol. The van der Waals surface area contributed by atoms with Crippen LogP contribution < -0.4 is 4.74 Å². The van der Waals surface area contributed by atoms with Gasteiger partial charge in [-0.25, -0.2) is 0 Å². The maximum Gasteiger partial charge on any atom is 0.253 e. The number of rotatable bonds is 3. The topological polar surface area (TPSA) is 53.0 Å². The number of amides is 1. The number of likely N-dealkylation sites (N-methyl/N-ethyl adjacent to an activating group) is 1. The molecule has 1 N–H and O–H groups in total. The van der Waals surface area contributed by atoms with Gasteiger partial charge in [0.2, 0.25) is 0 Å². The Labute approximate surface area is 149 Å². The molecule has 1 atom stereocenters. The van der Waals surface area contributed by atoms with E-state index in [9.17, 15) is 9.90 Å². The molecule has 2 aliphatic heterocycles. The molecule has 0 saturated carbocycles. The van der Waals surface area contributed by atoms with Crippen LogP contribution in [0.2, 0.25) is 0 Å². The molecule has 0 unspecified atom stereocenters. The minimum atomic E-state index is -0.720. The summed E-state index contributed by atoms with van der Waals surface area (Å²) in [5.41, 5.74) is 0.792. The summed E-state index contributed by atoms with van der Waals surface area (Å²) in [5, 5.41) is 10.8. The highest BCUT2D eigenvalue weighted by Gasteiger charge is 2.32. The van der Waals surface area contributed by atoms with Crippen molar-refractivity contribution in [1.82, 2.24) is 9.80 Å². The first kappa shape index (κ1) is 17.7. The summed E-state index contributed by atoms with van der Waals surface area (Å²) in [6.07, 6.45) is 7.28. The first-order valence-corrected chi connectivity index (χ1v) is 8.77. The van der Waals surface area contributed by atoms with E-state index >= 15 is 0 Å². The number of ether oxygens (including phenoxy) is 1. The molecule has 2 aliphatic rings. The van der Waals surface area contributed by atoms with Crippen LogP contribution in [0.4, 0.5) is 0 Å². The number of nitrogens with zero attached hydrogens (tertiary/aromatic N) is 2. The number of fused-ring (bicyclic) bond motifs is 1. The number of carbonyl (C=O) groups is 1. The van der Waals surface area contributed by atoms with Crippen LogP contribution in [-0.2, 0) is 4.79 Å². The molecule has 1 aromatic rings. The Morgan fingerprint density at radius 1 is 1.28 bits per heavy atom. The third-order valence-corrected chi connectivity index (χ3v) is 4.73. The normalized spacial score (nSPS) is 23.4. The Kier molecular flexibility index (Phi) is 5.25. The van der Waals surface area contributed by atoms with Crippen LogP contribution in [0.15, 0.2) is 42.2 Å². The van der Waals surface area contributed by atoms with E-state index in [0.29, 0.717) is 31.6 Å². The van der Waals surface area contributed by atoms with Crippen LogP contribution in [0.1, 0.15) is 24.8 Å². The molecule has 1 amide bonds. The zero-order chi connectivity index (χ0) is 17.9. The van der Waals surface area contributed by atoms with Gasteiger partial charge in [-0.05, 0) is 51.6 Å². The van der Waals surface area contributed by atoms with Gasteiger partial charge in [-0.2, -0.15) is 0 Å². The lowest BCUT2D eigenvalue weighted by Gasteiger charge is -2.30. The summed E-state index contributed by atoms with van der Waals surface area (Å²) in [5.74, 6) is 0.739. The van der Waals surface area contributed by atoms with Crippen molar-refractivity contribution in [1.29, 1.82) is 0 Å². The quantitative estimate of drug-likeness (QED) is 0.916. The van der Waals surface area contributed by atoms with Crippen LogP contribution in [-0.4, -0.2) is 60.1 Å². The molecule has 1 aromatic carbocycles. The largest absolute Gasteiger partial charge is 0.464 e. The van der Waals surface area contributed by atoms with E-state index in [1.54, 1.807) is 12.3 Å². The lowest BCUT2D eigenvalue weighted by Crippen LogP contribution is -2.41. The summed E-state index contributed by atoms with van der Waals surface area (Å²) in [6.45, 7) is 1.86.